The molecule has 1 amide bonds. The molecular formula is C20H20FNO3. The van der Waals surface area contributed by atoms with Crippen LogP contribution < -0.4 is 10.1 Å². The number of hydrogen-bond acceptors (Lipinski definition) is 3. The van der Waals surface area contributed by atoms with Crippen molar-refractivity contribution in [2.45, 2.75) is 38.8 Å². The highest BCUT2D eigenvalue weighted by atomic mass is 19.1. The van der Waals surface area contributed by atoms with Gasteiger partial charge in [0.2, 0.25) is 5.78 Å². The van der Waals surface area contributed by atoms with Crippen molar-refractivity contribution in [2.24, 2.45) is 0 Å². The van der Waals surface area contributed by atoms with Gasteiger partial charge in [0.05, 0.1) is 0 Å². The fourth-order valence-corrected chi connectivity index (χ4v) is 2.91. The molecule has 1 atom stereocenters. The van der Waals surface area contributed by atoms with Crippen molar-refractivity contribution in [3.8, 4) is 5.75 Å². The molecule has 3 rings (SSSR count). The minimum absolute atomic E-state index is 0.219. The van der Waals surface area contributed by atoms with Gasteiger partial charge in [0.15, 0.2) is 5.60 Å². The van der Waals surface area contributed by atoms with E-state index >= 15 is 0 Å². The number of benzene rings is 2. The number of halogens is 1. The lowest BCUT2D eigenvalue weighted by Crippen LogP contribution is -2.50. The van der Waals surface area contributed by atoms with Gasteiger partial charge in [-0.25, -0.2) is 4.39 Å². The molecule has 1 aliphatic rings. The lowest BCUT2D eigenvalue weighted by molar-refractivity contribution is -0.136. The lowest BCUT2D eigenvalue weighted by Gasteiger charge is -2.36. The van der Waals surface area contributed by atoms with E-state index in [-0.39, 0.29) is 5.78 Å². The number of ether oxygens (including phenoxy) is 1. The molecule has 2 aromatic carbocycles. The zero-order chi connectivity index (χ0) is 18.2. The third-order valence-electron chi connectivity index (χ3n) is 4.40. The lowest BCUT2D eigenvalue weighted by atomic mass is 9.87. The van der Waals surface area contributed by atoms with Crippen LogP contribution in [0.25, 0.3) is 0 Å². The van der Waals surface area contributed by atoms with E-state index in [0.29, 0.717) is 16.9 Å². The fraction of sp³-hybridized carbons (Fsp3) is 0.300. The second kappa shape index (κ2) is 6.31. The van der Waals surface area contributed by atoms with E-state index in [0.717, 1.165) is 12.0 Å². The summed E-state index contributed by atoms with van der Waals surface area (Å²) in [6.45, 7) is 5.38. The molecule has 0 fully saturated rings. The van der Waals surface area contributed by atoms with Gasteiger partial charge in [0.1, 0.15) is 17.6 Å². The van der Waals surface area contributed by atoms with E-state index in [1.807, 2.05) is 25.1 Å². The predicted molar refractivity (Wildman–Crippen MR) is 92.1 cm³/mol. The number of carbonyl (C=O) groups excluding carboxylic acids is 2. The Balaban J connectivity index is 1.97. The van der Waals surface area contributed by atoms with Crippen molar-refractivity contribution in [3.63, 3.8) is 0 Å². The largest absolute Gasteiger partial charge is 0.480 e. The summed E-state index contributed by atoms with van der Waals surface area (Å²) in [6, 6.07) is 10.1. The van der Waals surface area contributed by atoms with Crippen molar-refractivity contribution in [3.05, 3.63) is 65.0 Å². The topological polar surface area (TPSA) is 55.4 Å². The van der Waals surface area contributed by atoms with E-state index in [9.17, 15) is 14.0 Å². The van der Waals surface area contributed by atoms with Gasteiger partial charge in [-0.1, -0.05) is 13.0 Å². The number of rotatable bonds is 3. The molecule has 0 saturated carbocycles. The molecule has 2 aromatic rings. The number of carbonyl (C=O) groups is 2. The molecule has 0 bridgehead atoms. The average Bonchev–Trinajstić information content (AvgIpc) is 2.59. The number of ketones is 1. The van der Waals surface area contributed by atoms with Gasteiger partial charge in [0.25, 0.3) is 5.91 Å². The monoisotopic (exact) mass is 341 g/mol. The Hall–Kier alpha value is -2.69. The van der Waals surface area contributed by atoms with Crippen LogP contribution in [-0.2, 0) is 11.2 Å². The van der Waals surface area contributed by atoms with Crippen LogP contribution in [-0.4, -0.2) is 17.3 Å². The van der Waals surface area contributed by atoms with Crippen LogP contribution >= 0.6 is 0 Å². The first-order valence-electron chi connectivity index (χ1n) is 8.24. The highest BCUT2D eigenvalue weighted by Crippen LogP contribution is 2.38. The second-order valence-corrected chi connectivity index (χ2v) is 6.62. The molecule has 4 nitrogen and oxygen atoms in total. The van der Waals surface area contributed by atoms with E-state index in [1.54, 1.807) is 13.8 Å². The van der Waals surface area contributed by atoms with Crippen LogP contribution in [0.15, 0.2) is 42.5 Å². The molecule has 1 aliphatic heterocycles. The fourth-order valence-electron chi connectivity index (χ4n) is 2.91. The van der Waals surface area contributed by atoms with Gasteiger partial charge < -0.3 is 10.1 Å². The Morgan fingerprint density at radius 1 is 1.20 bits per heavy atom. The summed E-state index contributed by atoms with van der Waals surface area (Å²) in [5, 5.41) is 2.78. The maximum absolute atomic E-state index is 13.1. The third-order valence-corrected chi connectivity index (χ3v) is 4.40. The Morgan fingerprint density at radius 3 is 2.52 bits per heavy atom. The molecule has 1 unspecified atom stereocenters. The van der Waals surface area contributed by atoms with Crippen LogP contribution in [0.1, 0.15) is 48.3 Å². The molecule has 130 valence electrons. The molecule has 0 spiro atoms. The number of hydrogen-bond donors (Lipinski definition) is 1. The summed E-state index contributed by atoms with van der Waals surface area (Å²) >= 11 is 0. The number of aryl methyl sites for hydroxylation is 1. The summed E-state index contributed by atoms with van der Waals surface area (Å²) in [4.78, 5) is 25.3. The molecule has 0 saturated heterocycles. The number of amides is 1. The molecule has 0 radical (unpaired) electrons. The smallest absolute Gasteiger partial charge is 0.252 e. The normalized spacial score (nSPS) is 18.2. The zero-order valence-electron chi connectivity index (χ0n) is 14.4. The molecule has 1 N–H and O–H groups in total. The second-order valence-electron chi connectivity index (χ2n) is 6.62. The number of nitrogens with one attached hydrogen (secondary N) is 1. The predicted octanol–water partition coefficient (Wildman–Crippen LogP) is 3.60. The van der Waals surface area contributed by atoms with Gasteiger partial charge in [-0.15, -0.1) is 0 Å². The van der Waals surface area contributed by atoms with Gasteiger partial charge in [-0.05, 0) is 62.2 Å². The van der Waals surface area contributed by atoms with Crippen molar-refractivity contribution in [1.29, 1.82) is 0 Å². The molecule has 0 aliphatic carbocycles. The first-order chi connectivity index (χ1) is 11.8. The maximum atomic E-state index is 13.1. The molecular weight excluding hydrogens is 321 g/mol. The standard InChI is InChI=1S/C20H20FNO3/c1-4-12-5-10-16-15(11-12)17(18(23)20(2,3)25-16)22-19(24)13-6-8-14(21)9-7-13/h5-11,17H,4H2,1-3H3,(H,22,24). The number of Topliss-reactive ketones (excluding diaryl/α,β-unsaturated/α-hetero) is 1. The first-order valence-corrected chi connectivity index (χ1v) is 8.24. The average molecular weight is 341 g/mol. The van der Waals surface area contributed by atoms with Crippen molar-refractivity contribution >= 4 is 11.7 Å². The highest BCUT2D eigenvalue weighted by molar-refractivity contribution is 6.01. The summed E-state index contributed by atoms with van der Waals surface area (Å²) in [5.74, 6) is -0.475. The van der Waals surface area contributed by atoms with Gasteiger partial charge in [-0.3, -0.25) is 9.59 Å². The van der Waals surface area contributed by atoms with Gasteiger partial charge in [0, 0.05) is 11.1 Å². The van der Waals surface area contributed by atoms with Crippen molar-refractivity contribution in [1.82, 2.24) is 5.32 Å². The number of fused-ring (bicyclic) bond motifs is 1. The Bertz CT molecular complexity index is 827. The minimum atomic E-state index is -1.04. The van der Waals surface area contributed by atoms with Crippen molar-refractivity contribution < 1.29 is 18.7 Å². The van der Waals surface area contributed by atoms with E-state index in [2.05, 4.69) is 5.32 Å². The minimum Gasteiger partial charge on any atom is -0.480 e. The summed E-state index contributed by atoms with van der Waals surface area (Å²) in [5.41, 5.74) is 0.961. The van der Waals surface area contributed by atoms with Gasteiger partial charge >= 0.3 is 0 Å². The molecule has 5 heteroatoms. The summed E-state index contributed by atoms with van der Waals surface area (Å²) < 4.78 is 18.9. The van der Waals surface area contributed by atoms with Crippen LogP contribution in [0.3, 0.4) is 0 Å². The Kier molecular flexibility index (Phi) is 4.33. The van der Waals surface area contributed by atoms with Crippen LogP contribution in [0.2, 0.25) is 0 Å². The van der Waals surface area contributed by atoms with Crippen LogP contribution in [0.4, 0.5) is 4.39 Å². The van der Waals surface area contributed by atoms with E-state index < -0.39 is 23.4 Å². The van der Waals surface area contributed by atoms with Crippen molar-refractivity contribution in [2.75, 3.05) is 0 Å². The van der Waals surface area contributed by atoms with Crippen LogP contribution in [0, 0.1) is 5.82 Å². The quantitative estimate of drug-likeness (QED) is 0.928. The zero-order valence-corrected chi connectivity index (χ0v) is 14.4. The van der Waals surface area contributed by atoms with E-state index in [4.69, 9.17) is 4.74 Å². The SMILES string of the molecule is CCc1ccc2c(c1)C(NC(=O)c1ccc(F)cc1)C(=O)C(C)(C)O2. The molecule has 1 heterocycles. The summed E-state index contributed by atoms with van der Waals surface area (Å²) in [6.07, 6.45) is 0.809. The summed E-state index contributed by atoms with van der Waals surface area (Å²) in [7, 11) is 0. The molecule has 25 heavy (non-hydrogen) atoms. The first kappa shape index (κ1) is 17.1. The maximum Gasteiger partial charge on any atom is 0.252 e. The molecule has 0 aromatic heterocycles. The Morgan fingerprint density at radius 2 is 1.88 bits per heavy atom. The Labute approximate surface area is 146 Å². The van der Waals surface area contributed by atoms with E-state index in [1.165, 1.54) is 24.3 Å². The third kappa shape index (κ3) is 3.27. The highest BCUT2D eigenvalue weighted by Gasteiger charge is 2.43. The van der Waals surface area contributed by atoms with Crippen LogP contribution in [0.5, 0.6) is 5.75 Å². The van der Waals surface area contributed by atoms with Gasteiger partial charge in [-0.2, -0.15) is 0 Å².